The van der Waals surface area contributed by atoms with Crippen LogP contribution in [0.3, 0.4) is 0 Å². The van der Waals surface area contributed by atoms with E-state index in [0.717, 1.165) is 21.9 Å². The molecular formula is C21H18O3. The molecule has 0 fully saturated rings. The molecule has 0 aromatic heterocycles. The van der Waals surface area contributed by atoms with Gasteiger partial charge >= 0.3 is 5.97 Å². The quantitative estimate of drug-likeness (QED) is 0.550. The van der Waals surface area contributed by atoms with Crippen LogP contribution in [0.1, 0.15) is 28.4 Å². The molecule has 120 valence electrons. The number of fused-ring (bicyclic) bond motifs is 1. The average Bonchev–Trinajstić information content (AvgIpc) is 2.61. The number of hydrogen-bond acceptors (Lipinski definition) is 3. The second-order valence-corrected chi connectivity index (χ2v) is 5.40. The molecule has 0 bridgehead atoms. The molecule has 3 heteroatoms. The van der Waals surface area contributed by atoms with Gasteiger partial charge in [0.15, 0.2) is 0 Å². The highest BCUT2D eigenvalue weighted by atomic mass is 16.5. The standard InChI is InChI=1S/C21H18O3/c1-2-24-21(23)17-10-7-15(8-11-17)9-13-19-18-6-4-3-5-16(18)12-14-20(19)22/h3-14,22H,2H2,1H3/b13-9+. The molecule has 0 saturated heterocycles. The maximum Gasteiger partial charge on any atom is 0.338 e. The van der Waals surface area contributed by atoms with Gasteiger partial charge in [-0.2, -0.15) is 0 Å². The number of carbonyl (C=O) groups excluding carboxylic acids is 1. The molecule has 0 saturated carbocycles. The largest absolute Gasteiger partial charge is 0.507 e. The Balaban J connectivity index is 1.89. The Kier molecular flexibility index (Phi) is 4.62. The van der Waals surface area contributed by atoms with Gasteiger partial charge in [-0.15, -0.1) is 0 Å². The summed E-state index contributed by atoms with van der Waals surface area (Å²) in [7, 11) is 0. The first-order valence-corrected chi connectivity index (χ1v) is 7.85. The summed E-state index contributed by atoms with van der Waals surface area (Å²) in [5.41, 5.74) is 2.25. The highest BCUT2D eigenvalue weighted by Crippen LogP contribution is 2.28. The zero-order valence-electron chi connectivity index (χ0n) is 13.4. The maximum absolute atomic E-state index is 11.7. The molecule has 0 atom stereocenters. The lowest BCUT2D eigenvalue weighted by molar-refractivity contribution is 0.0526. The van der Waals surface area contributed by atoms with E-state index in [0.29, 0.717) is 12.2 Å². The summed E-state index contributed by atoms with van der Waals surface area (Å²) in [6, 6.07) is 18.7. The van der Waals surface area contributed by atoms with Crippen molar-refractivity contribution in [2.45, 2.75) is 6.92 Å². The fourth-order valence-electron chi connectivity index (χ4n) is 2.58. The van der Waals surface area contributed by atoms with Crippen molar-refractivity contribution in [3.63, 3.8) is 0 Å². The van der Waals surface area contributed by atoms with E-state index in [-0.39, 0.29) is 11.7 Å². The minimum absolute atomic E-state index is 0.244. The van der Waals surface area contributed by atoms with E-state index >= 15 is 0 Å². The number of ether oxygens (including phenoxy) is 1. The molecule has 3 rings (SSSR count). The Hall–Kier alpha value is -3.07. The van der Waals surface area contributed by atoms with Crippen molar-refractivity contribution in [2.24, 2.45) is 0 Å². The van der Waals surface area contributed by atoms with E-state index in [2.05, 4.69) is 0 Å². The van der Waals surface area contributed by atoms with Crippen LogP contribution in [0.2, 0.25) is 0 Å². The molecule has 0 aliphatic carbocycles. The van der Waals surface area contributed by atoms with Crippen LogP contribution < -0.4 is 0 Å². The molecule has 0 heterocycles. The Bertz CT molecular complexity index is 893. The summed E-state index contributed by atoms with van der Waals surface area (Å²) in [5, 5.41) is 12.2. The number of carbonyl (C=O) groups is 1. The molecule has 3 nitrogen and oxygen atoms in total. The van der Waals surface area contributed by atoms with Gasteiger partial charge in [0.1, 0.15) is 5.75 Å². The lowest BCUT2D eigenvalue weighted by Crippen LogP contribution is -2.03. The zero-order valence-corrected chi connectivity index (χ0v) is 13.4. The van der Waals surface area contributed by atoms with E-state index in [4.69, 9.17) is 4.74 Å². The van der Waals surface area contributed by atoms with Gasteiger partial charge in [-0.25, -0.2) is 4.79 Å². The average molecular weight is 318 g/mol. The number of benzene rings is 3. The Morgan fingerprint density at radius 2 is 1.75 bits per heavy atom. The first-order valence-electron chi connectivity index (χ1n) is 7.85. The van der Waals surface area contributed by atoms with Gasteiger partial charge in [0, 0.05) is 5.56 Å². The third-order valence-corrected chi connectivity index (χ3v) is 3.81. The van der Waals surface area contributed by atoms with E-state index in [1.165, 1.54) is 0 Å². The molecule has 1 N–H and O–H groups in total. The lowest BCUT2D eigenvalue weighted by Gasteiger charge is -2.05. The van der Waals surface area contributed by atoms with Crippen LogP contribution in [0.25, 0.3) is 22.9 Å². The first-order chi connectivity index (χ1) is 11.7. The molecule has 0 unspecified atom stereocenters. The molecule has 0 spiro atoms. The van der Waals surface area contributed by atoms with E-state index in [1.807, 2.05) is 54.6 Å². The SMILES string of the molecule is CCOC(=O)c1ccc(/C=C/c2c(O)ccc3ccccc23)cc1. The van der Waals surface area contributed by atoms with Crippen LogP contribution in [0.15, 0.2) is 60.7 Å². The fourth-order valence-corrected chi connectivity index (χ4v) is 2.58. The van der Waals surface area contributed by atoms with Crippen molar-refractivity contribution in [1.29, 1.82) is 0 Å². The van der Waals surface area contributed by atoms with E-state index < -0.39 is 0 Å². The number of phenolic OH excluding ortho intramolecular Hbond substituents is 1. The molecule has 0 radical (unpaired) electrons. The number of hydrogen-bond donors (Lipinski definition) is 1. The third kappa shape index (κ3) is 3.30. The van der Waals surface area contributed by atoms with Crippen LogP contribution in [0.5, 0.6) is 5.75 Å². The number of rotatable bonds is 4. The van der Waals surface area contributed by atoms with Gasteiger partial charge in [0.25, 0.3) is 0 Å². The van der Waals surface area contributed by atoms with Gasteiger partial charge in [-0.05, 0) is 41.5 Å². The number of esters is 1. The summed E-state index contributed by atoms with van der Waals surface area (Å²) in [5.74, 6) is -0.0761. The number of phenols is 1. The van der Waals surface area contributed by atoms with Crippen molar-refractivity contribution >= 4 is 28.9 Å². The van der Waals surface area contributed by atoms with Gasteiger partial charge in [0.05, 0.1) is 12.2 Å². The van der Waals surface area contributed by atoms with Crippen molar-refractivity contribution < 1.29 is 14.6 Å². The molecule has 0 aliphatic heterocycles. The van der Waals surface area contributed by atoms with Crippen molar-refractivity contribution in [2.75, 3.05) is 6.61 Å². The number of aromatic hydroxyl groups is 1. The van der Waals surface area contributed by atoms with E-state index in [1.54, 1.807) is 25.1 Å². The van der Waals surface area contributed by atoms with Gasteiger partial charge in [-0.3, -0.25) is 0 Å². The molecule has 3 aromatic carbocycles. The normalized spacial score (nSPS) is 11.0. The van der Waals surface area contributed by atoms with Gasteiger partial charge in [-0.1, -0.05) is 54.6 Å². The van der Waals surface area contributed by atoms with Crippen LogP contribution in [0.4, 0.5) is 0 Å². The third-order valence-electron chi connectivity index (χ3n) is 3.81. The molecule has 0 amide bonds. The molecular weight excluding hydrogens is 300 g/mol. The molecule has 3 aromatic rings. The summed E-state index contributed by atoms with van der Waals surface area (Å²) >= 11 is 0. The summed E-state index contributed by atoms with van der Waals surface area (Å²) in [6.45, 7) is 2.15. The van der Waals surface area contributed by atoms with Crippen LogP contribution in [-0.4, -0.2) is 17.7 Å². The van der Waals surface area contributed by atoms with Gasteiger partial charge < -0.3 is 9.84 Å². The summed E-state index contributed by atoms with van der Waals surface area (Å²) in [6.07, 6.45) is 3.80. The van der Waals surface area contributed by atoms with Crippen molar-refractivity contribution in [3.8, 4) is 5.75 Å². The summed E-state index contributed by atoms with van der Waals surface area (Å²) in [4.78, 5) is 11.7. The van der Waals surface area contributed by atoms with Crippen LogP contribution in [-0.2, 0) is 4.74 Å². The highest BCUT2D eigenvalue weighted by molar-refractivity contribution is 5.95. The van der Waals surface area contributed by atoms with Crippen molar-refractivity contribution in [1.82, 2.24) is 0 Å². The first kappa shape index (κ1) is 15.8. The predicted octanol–water partition coefficient (Wildman–Crippen LogP) is 4.89. The molecule has 24 heavy (non-hydrogen) atoms. The smallest absolute Gasteiger partial charge is 0.338 e. The second kappa shape index (κ2) is 7.01. The Labute approximate surface area is 140 Å². The second-order valence-electron chi connectivity index (χ2n) is 5.40. The monoisotopic (exact) mass is 318 g/mol. The Morgan fingerprint density at radius 3 is 2.50 bits per heavy atom. The zero-order chi connectivity index (χ0) is 16.9. The molecule has 0 aliphatic rings. The highest BCUT2D eigenvalue weighted by Gasteiger charge is 2.06. The van der Waals surface area contributed by atoms with Crippen molar-refractivity contribution in [3.05, 3.63) is 77.4 Å². The maximum atomic E-state index is 11.7. The predicted molar refractivity (Wildman–Crippen MR) is 96.9 cm³/mol. The fraction of sp³-hybridized carbons (Fsp3) is 0.0952. The minimum Gasteiger partial charge on any atom is -0.507 e. The minimum atomic E-state index is -0.320. The van der Waals surface area contributed by atoms with E-state index in [9.17, 15) is 9.90 Å². The lowest BCUT2D eigenvalue weighted by atomic mass is 10.0. The van der Waals surface area contributed by atoms with Crippen LogP contribution in [0, 0.1) is 0 Å². The Morgan fingerprint density at radius 1 is 1.00 bits per heavy atom. The van der Waals surface area contributed by atoms with Crippen LogP contribution >= 0.6 is 0 Å². The van der Waals surface area contributed by atoms with Gasteiger partial charge in [0.2, 0.25) is 0 Å². The summed E-state index contributed by atoms with van der Waals surface area (Å²) < 4.78 is 4.97. The topological polar surface area (TPSA) is 46.5 Å².